The number of ether oxygens (including phenoxy) is 1. The van der Waals surface area contributed by atoms with Crippen molar-refractivity contribution in [2.75, 3.05) is 26.7 Å². The van der Waals surface area contributed by atoms with Gasteiger partial charge in [-0.2, -0.15) is 0 Å². The zero-order chi connectivity index (χ0) is 12.8. The molecule has 1 fully saturated rings. The lowest BCUT2D eigenvalue weighted by molar-refractivity contribution is 0.207. The van der Waals surface area contributed by atoms with Crippen LogP contribution in [0.4, 0.5) is 0 Å². The van der Waals surface area contributed by atoms with Crippen LogP contribution in [0.2, 0.25) is 0 Å². The van der Waals surface area contributed by atoms with Gasteiger partial charge in [0.15, 0.2) is 0 Å². The Kier molecular flexibility index (Phi) is 5.02. The van der Waals surface area contributed by atoms with E-state index in [4.69, 9.17) is 10.5 Å². The van der Waals surface area contributed by atoms with Crippen molar-refractivity contribution in [2.45, 2.75) is 31.7 Å². The summed E-state index contributed by atoms with van der Waals surface area (Å²) in [7, 11) is 1.70. The first-order valence-electron chi connectivity index (χ1n) is 6.89. The van der Waals surface area contributed by atoms with E-state index in [2.05, 4.69) is 17.0 Å². The molecule has 3 heteroatoms. The number of aryl methyl sites for hydroxylation is 1. The Morgan fingerprint density at radius 2 is 2.11 bits per heavy atom. The predicted molar refractivity (Wildman–Crippen MR) is 75.0 cm³/mol. The molecule has 1 heterocycles. The summed E-state index contributed by atoms with van der Waals surface area (Å²) in [5, 5.41) is 0. The second-order valence-electron chi connectivity index (χ2n) is 5.15. The van der Waals surface area contributed by atoms with E-state index in [1.54, 1.807) is 7.11 Å². The van der Waals surface area contributed by atoms with Crippen molar-refractivity contribution >= 4 is 0 Å². The highest BCUT2D eigenvalue weighted by atomic mass is 16.5. The summed E-state index contributed by atoms with van der Waals surface area (Å²) in [4.78, 5) is 2.50. The maximum atomic E-state index is 5.98. The van der Waals surface area contributed by atoms with E-state index in [0.29, 0.717) is 6.04 Å². The molecule has 0 amide bonds. The quantitative estimate of drug-likeness (QED) is 0.866. The Morgan fingerprint density at radius 1 is 1.33 bits per heavy atom. The number of nitrogens with zero attached hydrogens (tertiary/aromatic N) is 1. The van der Waals surface area contributed by atoms with Crippen LogP contribution in [0, 0.1) is 0 Å². The van der Waals surface area contributed by atoms with E-state index in [0.717, 1.165) is 18.7 Å². The average molecular weight is 248 g/mol. The second kappa shape index (κ2) is 6.76. The molecule has 18 heavy (non-hydrogen) atoms. The monoisotopic (exact) mass is 248 g/mol. The van der Waals surface area contributed by atoms with Crippen molar-refractivity contribution in [1.82, 2.24) is 4.90 Å². The van der Waals surface area contributed by atoms with E-state index in [1.165, 1.54) is 37.9 Å². The van der Waals surface area contributed by atoms with Crippen LogP contribution < -0.4 is 10.5 Å². The Hall–Kier alpha value is -1.06. The minimum Gasteiger partial charge on any atom is -0.497 e. The van der Waals surface area contributed by atoms with Gasteiger partial charge in [-0.25, -0.2) is 0 Å². The van der Waals surface area contributed by atoms with Crippen LogP contribution in [0.1, 0.15) is 24.8 Å². The van der Waals surface area contributed by atoms with Crippen LogP contribution >= 0.6 is 0 Å². The third kappa shape index (κ3) is 4.00. The molecule has 1 aromatic carbocycles. The molecular weight excluding hydrogens is 224 g/mol. The SMILES string of the molecule is COc1ccc(CCCN2CCC[C@@H](N)C2)cc1. The van der Waals surface area contributed by atoms with Crippen molar-refractivity contribution in [2.24, 2.45) is 5.73 Å². The number of hydrogen-bond donors (Lipinski definition) is 1. The standard InChI is InChI=1S/C15H24N2O/c1-18-15-8-6-13(7-9-15)4-2-10-17-11-3-5-14(16)12-17/h6-9,14H,2-5,10-12,16H2,1H3/t14-/m1/s1. The fourth-order valence-electron chi connectivity index (χ4n) is 2.59. The molecule has 2 rings (SSSR count). The lowest BCUT2D eigenvalue weighted by Crippen LogP contribution is -2.43. The first kappa shape index (κ1) is 13.4. The van der Waals surface area contributed by atoms with Crippen LogP contribution in [0.5, 0.6) is 5.75 Å². The number of likely N-dealkylation sites (tertiary alicyclic amines) is 1. The summed E-state index contributed by atoms with van der Waals surface area (Å²) in [6, 6.07) is 8.76. The molecule has 0 bridgehead atoms. The van der Waals surface area contributed by atoms with Crippen LogP contribution in [-0.2, 0) is 6.42 Å². The fourth-order valence-corrected chi connectivity index (χ4v) is 2.59. The number of piperidine rings is 1. The van der Waals surface area contributed by atoms with E-state index in [9.17, 15) is 0 Å². The van der Waals surface area contributed by atoms with Gasteiger partial charge in [-0.1, -0.05) is 12.1 Å². The highest BCUT2D eigenvalue weighted by molar-refractivity contribution is 5.27. The summed E-state index contributed by atoms with van der Waals surface area (Å²) >= 11 is 0. The van der Waals surface area contributed by atoms with Crippen molar-refractivity contribution in [3.8, 4) is 5.75 Å². The highest BCUT2D eigenvalue weighted by Gasteiger charge is 2.15. The first-order chi connectivity index (χ1) is 8.78. The molecule has 1 aliphatic rings. The largest absolute Gasteiger partial charge is 0.497 e. The number of rotatable bonds is 5. The molecule has 0 spiro atoms. The van der Waals surface area contributed by atoms with Gasteiger partial charge in [0, 0.05) is 12.6 Å². The summed E-state index contributed by atoms with van der Waals surface area (Å²) in [6.07, 6.45) is 4.79. The first-order valence-corrected chi connectivity index (χ1v) is 6.89. The molecule has 2 N–H and O–H groups in total. The van der Waals surface area contributed by atoms with Gasteiger partial charge < -0.3 is 15.4 Å². The van der Waals surface area contributed by atoms with Crippen molar-refractivity contribution in [3.05, 3.63) is 29.8 Å². The highest BCUT2D eigenvalue weighted by Crippen LogP contribution is 2.14. The maximum absolute atomic E-state index is 5.98. The number of benzene rings is 1. The van der Waals surface area contributed by atoms with Crippen LogP contribution in [0.25, 0.3) is 0 Å². The average Bonchev–Trinajstić information content (AvgIpc) is 2.40. The minimum atomic E-state index is 0.389. The van der Waals surface area contributed by atoms with Crippen molar-refractivity contribution < 1.29 is 4.74 Å². The Balaban J connectivity index is 1.70. The molecule has 1 saturated heterocycles. The van der Waals surface area contributed by atoms with Gasteiger partial charge in [-0.15, -0.1) is 0 Å². The summed E-state index contributed by atoms with van der Waals surface area (Å²) in [5.74, 6) is 0.931. The van der Waals surface area contributed by atoms with Gasteiger partial charge in [-0.3, -0.25) is 0 Å². The normalized spacial score (nSPS) is 20.9. The molecule has 0 aromatic heterocycles. The zero-order valence-electron chi connectivity index (χ0n) is 11.3. The topological polar surface area (TPSA) is 38.5 Å². The molecule has 0 aliphatic carbocycles. The van der Waals surface area contributed by atoms with Crippen molar-refractivity contribution in [1.29, 1.82) is 0 Å². The van der Waals surface area contributed by atoms with Crippen LogP contribution in [0.15, 0.2) is 24.3 Å². The Bertz CT molecular complexity index is 350. The maximum Gasteiger partial charge on any atom is 0.118 e. The molecule has 1 aliphatic heterocycles. The minimum absolute atomic E-state index is 0.389. The van der Waals surface area contributed by atoms with Crippen molar-refractivity contribution in [3.63, 3.8) is 0 Å². The summed E-state index contributed by atoms with van der Waals surface area (Å²) < 4.78 is 5.16. The van der Waals surface area contributed by atoms with Gasteiger partial charge in [0.2, 0.25) is 0 Å². The predicted octanol–water partition coefficient (Wildman–Crippen LogP) is 2.05. The number of methoxy groups -OCH3 is 1. The molecule has 0 radical (unpaired) electrons. The third-order valence-corrected chi connectivity index (χ3v) is 3.64. The lowest BCUT2D eigenvalue weighted by Gasteiger charge is -2.30. The van der Waals surface area contributed by atoms with E-state index in [1.807, 2.05) is 12.1 Å². The third-order valence-electron chi connectivity index (χ3n) is 3.64. The van der Waals surface area contributed by atoms with E-state index < -0.39 is 0 Å². The van der Waals surface area contributed by atoms with Gasteiger partial charge in [0.1, 0.15) is 5.75 Å². The van der Waals surface area contributed by atoms with Gasteiger partial charge >= 0.3 is 0 Å². The summed E-state index contributed by atoms with van der Waals surface area (Å²) in [5.41, 5.74) is 7.37. The zero-order valence-corrected chi connectivity index (χ0v) is 11.3. The molecule has 0 saturated carbocycles. The van der Waals surface area contributed by atoms with Gasteiger partial charge in [0.05, 0.1) is 7.11 Å². The van der Waals surface area contributed by atoms with Gasteiger partial charge in [0.25, 0.3) is 0 Å². The fraction of sp³-hybridized carbons (Fsp3) is 0.600. The Morgan fingerprint density at radius 3 is 2.78 bits per heavy atom. The molecule has 1 aromatic rings. The number of nitrogens with two attached hydrogens (primary N) is 1. The van der Waals surface area contributed by atoms with Crippen LogP contribution in [-0.4, -0.2) is 37.7 Å². The van der Waals surface area contributed by atoms with E-state index >= 15 is 0 Å². The van der Waals surface area contributed by atoms with Gasteiger partial charge in [-0.05, 0) is 56.5 Å². The smallest absolute Gasteiger partial charge is 0.118 e. The van der Waals surface area contributed by atoms with E-state index in [-0.39, 0.29) is 0 Å². The lowest BCUT2D eigenvalue weighted by atomic mass is 10.1. The molecule has 0 unspecified atom stereocenters. The van der Waals surface area contributed by atoms with Crippen LogP contribution in [0.3, 0.4) is 0 Å². The molecule has 1 atom stereocenters. The molecule has 3 nitrogen and oxygen atoms in total. The number of hydrogen-bond acceptors (Lipinski definition) is 3. The molecular formula is C15H24N2O. The Labute approximate surface area is 110 Å². The second-order valence-corrected chi connectivity index (χ2v) is 5.15. The molecule has 100 valence electrons. The summed E-state index contributed by atoms with van der Waals surface area (Å²) in [6.45, 7) is 3.46.